The van der Waals surface area contributed by atoms with Crippen LogP contribution in [0.15, 0.2) is 52.3 Å². The van der Waals surface area contributed by atoms with Crippen LogP contribution in [0.1, 0.15) is 37.3 Å². The highest BCUT2D eigenvalue weighted by Gasteiger charge is 2.25. The summed E-state index contributed by atoms with van der Waals surface area (Å²) in [6, 6.07) is 12.6. The number of carbonyl (C=O) groups is 2. The molecule has 0 aliphatic rings. The average molecular weight is 427 g/mol. The second-order valence-electron chi connectivity index (χ2n) is 7.52. The lowest BCUT2D eigenvalue weighted by molar-refractivity contribution is -0.149. The summed E-state index contributed by atoms with van der Waals surface area (Å²) in [5.74, 6) is 0.606. The lowest BCUT2D eigenvalue weighted by atomic mass is 10.0. The number of amides is 1. The van der Waals surface area contributed by atoms with Crippen LogP contribution in [0.4, 0.5) is 0 Å². The molecule has 3 aromatic rings. The number of nitrogens with zero attached hydrogens (tertiary/aromatic N) is 1. The summed E-state index contributed by atoms with van der Waals surface area (Å²) >= 11 is 1.52. The Morgan fingerprint density at radius 2 is 1.93 bits per heavy atom. The number of aromatic nitrogens is 1. The summed E-state index contributed by atoms with van der Waals surface area (Å²) in [6.45, 7) is 5.96. The predicted molar refractivity (Wildman–Crippen MR) is 116 cm³/mol. The van der Waals surface area contributed by atoms with E-state index in [4.69, 9.17) is 9.15 Å². The molecule has 1 N–H and O–H groups in total. The van der Waals surface area contributed by atoms with Crippen molar-refractivity contribution in [2.45, 2.75) is 46.3 Å². The zero-order valence-electron chi connectivity index (χ0n) is 17.4. The van der Waals surface area contributed by atoms with E-state index in [1.54, 1.807) is 6.92 Å². The van der Waals surface area contributed by atoms with Crippen molar-refractivity contribution in [3.63, 3.8) is 0 Å². The molecule has 2 aromatic heterocycles. The van der Waals surface area contributed by atoms with Crippen LogP contribution in [0.2, 0.25) is 0 Å². The van der Waals surface area contributed by atoms with E-state index in [9.17, 15) is 9.59 Å². The second kappa shape index (κ2) is 10.2. The van der Waals surface area contributed by atoms with Gasteiger partial charge in [0.1, 0.15) is 18.4 Å². The fraction of sp³-hybridized carbons (Fsp3) is 0.348. The molecular weight excluding hydrogens is 400 g/mol. The topological polar surface area (TPSA) is 81.4 Å². The number of thiophene rings is 1. The van der Waals surface area contributed by atoms with Gasteiger partial charge in [0, 0.05) is 0 Å². The number of aryl methyl sites for hydroxylation is 1. The molecule has 7 heteroatoms. The van der Waals surface area contributed by atoms with Crippen molar-refractivity contribution in [1.82, 2.24) is 10.3 Å². The third-order valence-corrected chi connectivity index (χ3v) is 5.36. The van der Waals surface area contributed by atoms with Crippen LogP contribution < -0.4 is 5.32 Å². The van der Waals surface area contributed by atoms with Crippen LogP contribution in [0.3, 0.4) is 0 Å². The Labute approximate surface area is 180 Å². The summed E-state index contributed by atoms with van der Waals surface area (Å²) in [4.78, 5) is 30.6. The third-order valence-electron chi connectivity index (χ3n) is 4.50. The molecule has 1 aromatic carbocycles. The van der Waals surface area contributed by atoms with Gasteiger partial charge in [-0.2, -0.15) is 0 Å². The second-order valence-corrected chi connectivity index (χ2v) is 8.47. The van der Waals surface area contributed by atoms with E-state index in [1.807, 2.05) is 61.7 Å². The number of hydrogen-bond donors (Lipinski definition) is 1. The first-order chi connectivity index (χ1) is 14.4. The minimum Gasteiger partial charge on any atom is -0.459 e. The molecule has 2 heterocycles. The SMILES string of the molecule is Cc1oc(-c2cccs2)nc1CC(=O)N[C@@H](CC(C)C)C(=O)OCc1ccccc1. The predicted octanol–water partition coefficient (Wildman–Crippen LogP) is 4.53. The lowest BCUT2D eigenvalue weighted by Gasteiger charge is -2.19. The molecule has 1 amide bonds. The molecule has 0 aliphatic heterocycles. The number of ether oxygens (including phenoxy) is 1. The first-order valence-corrected chi connectivity index (χ1v) is 10.8. The van der Waals surface area contributed by atoms with E-state index in [0.717, 1.165) is 10.4 Å². The minimum atomic E-state index is -0.704. The van der Waals surface area contributed by atoms with E-state index in [-0.39, 0.29) is 24.9 Å². The monoisotopic (exact) mass is 426 g/mol. The van der Waals surface area contributed by atoms with E-state index in [1.165, 1.54) is 11.3 Å². The van der Waals surface area contributed by atoms with Gasteiger partial charge >= 0.3 is 5.97 Å². The number of nitrogens with one attached hydrogen (secondary N) is 1. The molecule has 0 bridgehead atoms. The van der Waals surface area contributed by atoms with Crippen molar-refractivity contribution in [2.75, 3.05) is 0 Å². The number of carbonyl (C=O) groups excluding carboxylic acids is 2. The lowest BCUT2D eigenvalue weighted by Crippen LogP contribution is -2.43. The van der Waals surface area contributed by atoms with Crippen LogP contribution in [0.5, 0.6) is 0 Å². The Morgan fingerprint density at radius 1 is 1.17 bits per heavy atom. The molecule has 158 valence electrons. The summed E-state index contributed by atoms with van der Waals surface area (Å²) in [7, 11) is 0. The molecule has 1 atom stereocenters. The molecule has 0 unspecified atom stereocenters. The van der Waals surface area contributed by atoms with Crippen molar-refractivity contribution in [3.05, 3.63) is 64.9 Å². The first kappa shape index (κ1) is 21.8. The number of esters is 1. The van der Waals surface area contributed by atoms with Crippen LogP contribution >= 0.6 is 11.3 Å². The largest absolute Gasteiger partial charge is 0.459 e. The number of hydrogen-bond acceptors (Lipinski definition) is 6. The van der Waals surface area contributed by atoms with Gasteiger partial charge in [0.2, 0.25) is 11.8 Å². The summed E-state index contributed by atoms with van der Waals surface area (Å²) in [5.41, 5.74) is 1.47. The Morgan fingerprint density at radius 3 is 2.60 bits per heavy atom. The maximum atomic E-state index is 12.6. The highest BCUT2D eigenvalue weighted by molar-refractivity contribution is 7.13. The van der Waals surface area contributed by atoms with Crippen molar-refractivity contribution in [3.8, 4) is 10.8 Å². The van der Waals surface area contributed by atoms with E-state index < -0.39 is 12.0 Å². The molecule has 0 saturated heterocycles. The number of oxazole rings is 1. The molecular formula is C23H26N2O4S. The smallest absolute Gasteiger partial charge is 0.328 e. The van der Waals surface area contributed by atoms with Crippen molar-refractivity contribution in [2.24, 2.45) is 5.92 Å². The van der Waals surface area contributed by atoms with E-state index in [2.05, 4.69) is 10.3 Å². The van der Waals surface area contributed by atoms with Gasteiger partial charge < -0.3 is 14.5 Å². The fourth-order valence-corrected chi connectivity index (χ4v) is 3.66. The van der Waals surface area contributed by atoms with Gasteiger partial charge in [-0.1, -0.05) is 50.2 Å². The highest BCUT2D eigenvalue weighted by Crippen LogP contribution is 2.26. The summed E-state index contributed by atoms with van der Waals surface area (Å²) in [6.07, 6.45) is 0.541. The molecule has 3 rings (SSSR count). The maximum Gasteiger partial charge on any atom is 0.328 e. The number of benzene rings is 1. The van der Waals surface area contributed by atoms with Crippen molar-refractivity contribution in [1.29, 1.82) is 0 Å². The molecule has 30 heavy (non-hydrogen) atoms. The zero-order valence-corrected chi connectivity index (χ0v) is 18.2. The Bertz CT molecular complexity index is 965. The fourth-order valence-electron chi connectivity index (χ4n) is 3.01. The van der Waals surface area contributed by atoms with Gasteiger partial charge in [-0.25, -0.2) is 9.78 Å². The maximum absolute atomic E-state index is 12.6. The normalized spacial score (nSPS) is 12.0. The van der Waals surface area contributed by atoms with Crippen molar-refractivity contribution >= 4 is 23.2 Å². The van der Waals surface area contributed by atoms with Gasteiger partial charge in [0.05, 0.1) is 17.0 Å². The third kappa shape index (κ3) is 6.03. The summed E-state index contributed by atoms with van der Waals surface area (Å²) < 4.78 is 11.1. The number of rotatable bonds is 9. The van der Waals surface area contributed by atoms with Crippen LogP contribution in [-0.4, -0.2) is 22.9 Å². The van der Waals surface area contributed by atoms with Crippen LogP contribution in [0, 0.1) is 12.8 Å². The zero-order chi connectivity index (χ0) is 21.5. The molecule has 0 fully saturated rings. The van der Waals surface area contributed by atoms with E-state index >= 15 is 0 Å². The molecule has 0 spiro atoms. The van der Waals surface area contributed by atoms with Crippen LogP contribution in [-0.2, 0) is 27.4 Å². The molecule has 6 nitrogen and oxygen atoms in total. The average Bonchev–Trinajstić information content (AvgIpc) is 3.36. The quantitative estimate of drug-likeness (QED) is 0.509. The first-order valence-electron chi connectivity index (χ1n) is 9.92. The molecule has 0 saturated carbocycles. The van der Waals surface area contributed by atoms with Gasteiger partial charge in [0.25, 0.3) is 0 Å². The van der Waals surface area contributed by atoms with Gasteiger partial charge in [-0.15, -0.1) is 11.3 Å². The van der Waals surface area contributed by atoms with Gasteiger partial charge in [-0.05, 0) is 36.3 Å². The Hall–Kier alpha value is -2.93. The van der Waals surface area contributed by atoms with Crippen molar-refractivity contribution < 1.29 is 18.7 Å². The minimum absolute atomic E-state index is 0.0429. The molecule has 0 aliphatic carbocycles. The van der Waals surface area contributed by atoms with Gasteiger partial charge in [0.15, 0.2) is 0 Å². The Balaban J connectivity index is 1.61. The van der Waals surface area contributed by atoms with Gasteiger partial charge in [-0.3, -0.25) is 4.79 Å². The summed E-state index contributed by atoms with van der Waals surface area (Å²) in [5, 5.41) is 4.75. The van der Waals surface area contributed by atoms with E-state index in [0.29, 0.717) is 23.8 Å². The van der Waals surface area contributed by atoms with Crippen LogP contribution in [0.25, 0.3) is 10.8 Å². The standard InChI is InChI=1S/C23H26N2O4S/c1-15(2)12-19(23(27)28-14-17-8-5-4-6-9-17)24-21(26)13-18-16(3)29-22(25-18)20-10-7-11-30-20/h4-11,15,19H,12-14H2,1-3H3,(H,24,26)/t19-/m0/s1. The highest BCUT2D eigenvalue weighted by atomic mass is 32.1. The Kier molecular flexibility index (Phi) is 7.41. The molecule has 0 radical (unpaired) electrons.